The fourth-order valence-corrected chi connectivity index (χ4v) is 4.22. The van der Waals surface area contributed by atoms with Crippen molar-refractivity contribution in [3.63, 3.8) is 0 Å². The van der Waals surface area contributed by atoms with Crippen molar-refractivity contribution >= 4 is 23.3 Å². The van der Waals surface area contributed by atoms with Gasteiger partial charge in [0.25, 0.3) is 5.56 Å². The Balaban J connectivity index is 1.87. The second kappa shape index (κ2) is 8.73. The number of alkyl halides is 3. The molecule has 0 radical (unpaired) electrons. The first-order valence-electron chi connectivity index (χ1n) is 10.7. The summed E-state index contributed by atoms with van der Waals surface area (Å²) in [4.78, 5) is 19.6. The van der Waals surface area contributed by atoms with Crippen molar-refractivity contribution in [2.24, 2.45) is 0 Å². The van der Waals surface area contributed by atoms with E-state index in [-0.39, 0.29) is 16.1 Å². The lowest BCUT2D eigenvalue weighted by atomic mass is 10.1. The van der Waals surface area contributed by atoms with Gasteiger partial charge >= 0.3 is 6.18 Å². The summed E-state index contributed by atoms with van der Waals surface area (Å²) in [6.07, 6.45) is -4.84. The summed E-state index contributed by atoms with van der Waals surface area (Å²) in [6, 6.07) is 12.3. The second-order valence-electron chi connectivity index (χ2n) is 7.61. The average molecular weight is 501 g/mol. The van der Waals surface area contributed by atoms with Gasteiger partial charge in [-0.2, -0.15) is 13.2 Å². The number of rotatable bonds is 4. The van der Waals surface area contributed by atoms with Crippen LogP contribution in [-0.2, 0) is 6.18 Å². The third-order valence-corrected chi connectivity index (χ3v) is 5.70. The van der Waals surface area contributed by atoms with Crippen LogP contribution in [0, 0.1) is 4.77 Å². The molecular formula is C24H18F3N3O4S. The molecule has 0 aliphatic carbocycles. The van der Waals surface area contributed by atoms with Crippen molar-refractivity contribution in [3.8, 4) is 34.2 Å². The number of hydrogen-bond acceptors (Lipinski definition) is 6. The van der Waals surface area contributed by atoms with E-state index in [1.54, 1.807) is 49.4 Å². The second-order valence-corrected chi connectivity index (χ2v) is 7.99. The maximum Gasteiger partial charge on any atom is 0.417 e. The Labute approximate surface area is 201 Å². The van der Waals surface area contributed by atoms with Crippen LogP contribution in [0.1, 0.15) is 12.5 Å². The van der Waals surface area contributed by atoms with Gasteiger partial charge in [0.05, 0.1) is 28.9 Å². The standard InChI is InChI=1S/C24H18F3N3O4S/c1-2-32-17-6-4-3-5-16(17)30-21-20(22(31)29-23(30)35)14(24(25,26)27)12-15(28-21)13-7-8-18-19(11-13)34-10-9-33-18/h3-8,11-12H,2,9-10H2,1H3,(H,29,31,35). The zero-order chi connectivity index (χ0) is 24.7. The van der Waals surface area contributed by atoms with Crippen LogP contribution >= 0.6 is 12.2 Å². The van der Waals surface area contributed by atoms with Gasteiger partial charge in [0, 0.05) is 5.56 Å². The van der Waals surface area contributed by atoms with E-state index >= 15 is 0 Å². The van der Waals surface area contributed by atoms with Crippen LogP contribution in [0.3, 0.4) is 0 Å². The number of H-pyrrole nitrogens is 1. The van der Waals surface area contributed by atoms with E-state index in [4.69, 9.17) is 26.4 Å². The molecule has 0 bridgehead atoms. The molecule has 2 aromatic heterocycles. The number of para-hydroxylation sites is 2. The minimum atomic E-state index is -4.84. The van der Waals surface area contributed by atoms with Gasteiger partial charge in [-0.15, -0.1) is 0 Å². The van der Waals surface area contributed by atoms with Crippen molar-refractivity contribution in [1.82, 2.24) is 14.5 Å². The van der Waals surface area contributed by atoms with E-state index in [2.05, 4.69) is 9.97 Å². The van der Waals surface area contributed by atoms with Crippen LogP contribution in [0.2, 0.25) is 0 Å². The minimum Gasteiger partial charge on any atom is -0.492 e. The lowest BCUT2D eigenvalue weighted by Crippen LogP contribution is -2.20. The highest BCUT2D eigenvalue weighted by molar-refractivity contribution is 7.71. The molecule has 35 heavy (non-hydrogen) atoms. The quantitative estimate of drug-likeness (QED) is 0.383. The van der Waals surface area contributed by atoms with Crippen molar-refractivity contribution in [2.45, 2.75) is 13.1 Å². The molecule has 5 rings (SSSR count). The van der Waals surface area contributed by atoms with E-state index in [1.165, 1.54) is 4.57 Å². The average Bonchev–Trinajstić information content (AvgIpc) is 2.83. The van der Waals surface area contributed by atoms with Crippen LogP contribution in [-0.4, -0.2) is 34.4 Å². The predicted octanol–water partition coefficient (Wildman–Crippen LogP) is 5.30. The molecule has 0 unspecified atom stereocenters. The molecule has 0 fully saturated rings. The van der Waals surface area contributed by atoms with Crippen LogP contribution in [0.4, 0.5) is 13.2 Å². The maximum atomic E-state index is 14.2. The molecule has 1 aliphatic heterocycles. The fourth-order valence-electron chi connectivity index (χ4n) is 3.95. The number of benzene rings is 2. The molecule has 1 N–H and O–H groups in total. The van der Waals surface area contributed by atoms with Crippen molar-refractivity contribution in [2.75, 3.05) is 19.8 Å². The SMILES string of the molecule is CCOc1ccccc1-n1c(=S)[nH]c(=O)c2c(C(F)(F)F)cc(-c3ccc4c(c3)OCCO4)nc21. The number of aromatic nitrogens is 3. The number of hydrogen-bond donors (Lipinski definition) is 1. The van der Waals surface area contributed by atoms with Crippen molar-refractivity contribution in [3.05, 3.63) is 69.2 Å². The van der Waals surface area contributed by atoms with Gasteiger partial charge in [-0.05, 0) is 55.5 Å². The summed E-state index contributed by atoms with van der Waals surface area (Å²) in [6.45, 7) is 2.79. The van der Waals surface area contributed by atoms with Crippen LogP contribution < -0.4 is 19.8 Å². The topological polar surface area (TPSA) is 78.4 Å². The maximum absolute atomic E-state index is 14.2. The van der Waals surface area contributed by atoms with Gasteiger partial charge in [-0.25, -0.2) is 4.98 Å². The van der Waals surface area contributed by atoms with Crippen LogP contribution in [0.5, 0.6) is 17.2 Å². The van der Waals surface area contributed by atoms with Crippen LogP contribution in [0.15, 0.2) is 53.3 Å². The van der Waals surface area contributed by atoms with E-state index < -0.39 is 22.7 Å². The Kier molecular flexibility index (Phi) is 5.72. The molecular weight excluding hydrogens is 483 g/mol. The third kappa shape index (κ3) is 4.12. The number of nitrogens with one attached hydrogen (secondary N) is 1. The van der Waals surface area contributed by atoms with Gasteiger partial charge in [0.15, 0.2) is 21.9 Å². The Bertz CT molecular complexity index is 1560. The summed E-state index contributed by atoms with van der Waals surface area (Å²) >= 11 is 5.36. The summed E-state index contributed by atoms with van der Waals surface area (Å²) < 4.78 is 60.6. The molecule has 4 aromatic rings. The Morgan fingerprint density at radius 2 is 1.86 bits per heavy atom. The van der Waals surface area contributed by atoms with Gasteiger partial charge in [-0.3, -0.25) is 14.3 Å². The molecule has 0 atom stereocenters. The first-order valence-corrected chi connectivity index (χ1v) is 11.1. The molecule has 3 heterocycles. The van der Waals surface area contributed by atoms with Crippen LogP contribution in [0.25, 0.3) is 28.0 Å². The molecule has 0 amide bonds. The first kappa shape index (κ1) is 22.9. The Hall–Kier alpha value is -3.86. The van der Waals surface area contributed by atoms with Crippen molar-refractivity contribution < 1.29 is 27.4 Å². The summed E-state index contributed by atoms with van der Waals surface area (Å²) in [7, 11) is 0. The van der Waals surface area contributed by atoms with E-state index in [0.29, 0.717) is 48.3 Å². The Morgan fingerprint density at radius 3 is 2.60 bits per heavy atom. The lowest BCUT2D eigenvalue weighted by Gasteiger charge is -2.20. The van der Waals surface area contributed by atoms with E-state index in [9.17, 15) is 18.0 Å². The summed E-state index contributed by atoms with van der Waals surface area (Å²) in [5, 5.41) is -0.626. The highest BCUT2D eigenvalue weighted by atomic mass is 32.1. The fraction of sp³-hybridized carbons (Fsp3) is 0.208. The molecule has 7 nitrogen and oxygen atoms in total. The molecule has 0 spiro atoms. The van der Waals surface area contributed by atoms with E-state index in [1.807, 2.05) is 0 Å². The highest BCUT2D eigenvalue weighted by Crippen LogP contribution is 2.39. The normalized spacial score (nSPS) is 13.1. The smallest absolute Gasteiger partial charge is 0.417 e. The third-order valence-electron chi connectivity index (χ3n) is 5.41. The highest BCUT2D eigenvalue weighted by Gasteiger charge is 2.36. The van der Waals surface area contributed by atoms with Gasteiger partial charge < -0.3 is 14.2 Å². The number of aromatic amines is 1. The first-order chi connectivity index (χ1) is 16.8. The van der Waals surface area contributed by atoms with Gasteiger partial charge in [0.2, 0.25) is 0 Å². The molecule has 0 saturated carbocycles. The largest absolute Gasteiger partial charge is 0.492 e. The molecule has 180 valence electrons. The summed E-state index contributed by atoms with van der Waals surface area (Å²) in [5.41, 5.74) is -1.66. The molecule has 0 saturated heterocycles. The number of halogens is 3. The molecule has 2 aromatic carbocycles. The van der Waals surface area contributed by atoms with E-state index in [0.717, 1.165) is 6.07 Å². The number of pyridine rings is 1. The summed E-state index contributed by atoms with van der Waals surface area (Å²) in [5.74, 6) is 1.26. The number of nitrogens with zero attached hydrogens (tertiary/aromatic N) is 2. The molecule has 1 aliphatic rings. The minimum absolute atomic E-state index is 0.00978. The number of ether oxygens (including phenoxy) is 3. The lowest BCUT2D eigenvalue weighted by molar-refractivity contribution is -0.136. The van der Waals surface area contributed by atoms with Gasteiger partial charge in [0.1, 0.15) is 19.0 Å². The predicted molar refractivity (Wildman–Crippen MR) is 125 cm³/mol. The number of fused-ring (bicyclic) bond motifs is 2. The zero-order valence-electron chi connectivity index (χ0n) is 18.3. The monoisotopic (exact) mass is 501 g/mol. The van der Waals surface area contributed by atoms with Crippen molar-refractivity contribution in [1.29, 1.82) is 0 Å². The molecule has 11 heteroatoms. The zero-order valence-corrected chi connectivity index (χ0v) is 19.1. The Morgan fingerprint density at radius 1 is 1.11 bits per heavy atom. The van der Waals surface area contributed by atoms with Gasteiger partial charge in [-0.1, -0.05) is 12.1 Å².